The first-order valence-electron chi connectivity index (χ1n) is 7.95. The lowest BCUT2D eigenvalue weighted by molar-refractivity contribution is 0.193. The number of benzene rings is 1. The molecule has 2 aromatic heterocycles. The Morgan fingerprint density at radius 2 is 2.35 bits per heavy atom. The molecule has 5 nitrogen and oxygen atoms in total. The van der Waals surface area contributed by atoms with Crippen molar-refractivity contribution in [2.24, 2.45) is 0 Å². The average Bonchev–Trinajstić information content (AvgIpc) is 3.24. The van der Waals surface area contributed by atoms with Crippen molar-refractivity contribution in [3.8, 4) is 0 Å². The van der Waals surface area contributed by atoms with Crippen LogP contribution in [0.25, 0.3) is 10.9 Å². The van der Waals surface area contributed by atoms with E-state index >= 15 is 0 Å². The minimum Gasteiger partial charge on any atom is -0.381 e. The van der Waals surface area contributed by atoms with Crippen LogP contribution in [-0.2, 0) is 17.7 Å². The summed E-state index contributed by atoms with van der Waals surface area (Å²) in [4.78, 5) is 3.42. The second-order valence-corrected chi connectivity index (χ2v) is 6.57. The number of rotatable bonds is 4. The molecule has 1 saturated heterocycles. The summed E-state index contributed by atoms with van der Waals surface area (Å²) in [6.07, 6.45) is 3.99. The van der Waals surface area contributed by atoms with Crippen molar-refractivity contribution in [2.75, 3.05) is 13.2 Å². The minimum absolute atomic E-state index is 0.400. The molecule has 1 fully saturated rings. The topological polar surface area (TPSA) is 55.7 Å². The monoisotopic (exact) mass is 330 g/mol. The predicted octanol–water partition coefficient (Wildman–Crippen LogP) is 3.47. The van der Waals surface area contributed by atoms with Gasteiger partial charge in [-0.15, -0.1) is 5.10 Å². The summed E-state index contributed by atoms with van der Waals surface area (Å²) < 4.78 is 7.35. The summed E-state index contributed by atoms with van der Waals surface area (Å²) in [5.74, 6) is 0.400. The lowest BCUT2D eigenvalue weighted by atomic mass is 10.1. The molecule has 1 aliphatic rings. The first-order chi connectivity index (χ1) is 11.2. The second-order valence-electron chi connectivity index (χ2n) is 6.14. The zero-order valence-corrected chi connectivity index (χ0v) is 13.8. The number of hydrogen-bond donors (Lipinski definition) is 1. The maximum atomic E-state index is 6.14. The third kappa shape index (κ3) is 2.86. The van der Waals surface area contributed by atoms with Crippen LogP contribution in [0.3, 0.4) is 0 Å². The van der Waals surface area contributed by atoms with E-state index in [2.05, 4.69) is 28.4 Å². The Morgan fingerprint density at radius 3 is 3.17 bits per heavy atom. The van der Waals surface area contributed by atoms with E-state index < -0.39 is 0 Å². The zero-order valence-electron chi connectivity index (χ0n) is 13.1. The fourth-order valence-corrected chi connectivity index (χ4v) is 3.45. The Labute approximate surface area is 139 Å². The van der Waals surface area contributed by atoms with Crippen LogP contribution in [0.4, 0.5) is 0 Å². The molecule has 0 radical (unpaired) electrons. The van der Waals surface area contributed by atoms with E-state index in [4.69, 9.17) is 16.3 Å². The molecule has 0 aliphatic carbocycles. The molecule has 1 aromatic carbocycles. The lowest BCUT2D eigenvalue weighted by Crippen LogP contribution is -2.03. The maximum absolute atomic E-state index is 6.14. The van der Waals surface area contributed by atoms with Crippen LogP contribution in [0.15, 0.2) is 24.4 Å². The first kappa shape index (κ1) is 14.7. The van der Waals surface area contributed by atoms with Gasteiger partial charge in [-0.1, -0.05) is 16.8 Å². The number of aryl methyl sites for hydroxylation is 3. The van der Waals surface area contributed by atoms with Crippen molar-refractivity contribution in [1.29, 1.82) is 0 Å². The number of H-pyrrole nitrogens is 1. The normalized spacial score (nSPS) is 18.1. The van der Waals surface area contributed by atoms with Crippen LogP contribution in [0, 0.1) is 6.92 Å². The van der Waals surface area contributed by atoms with E-state index in [0.717, 1.165) is 48.8 Å². The third-order valence-corrected chi connectivity index (χ3v) is 4.81. The van der Waals surface area contributed by atoms with E-state index in [0.29, 0.717) is 5.92 Å². The molecule has 23 heavy (non-hydrogen) atoms. The SMILES string of the molecule is Cc1[nH]c2ccc(Cl)cc2c1CCn1cc(C2CCOC2)nn1. The van der Waals surface area contributed by atoms with Crippen molar-refractivity contribution >= 4 is 22.5 Å². The van der Waals surface area contributed by atoms with Gasteiger partial charge in [-0.3, -0.25) is 4.68 Å². The molecular weight excluding hydrogens is 312 g/mol. The van der Waals surface area contributed by atoms with Gasteiger partial charge in [0.2, 0.25) is 0 Å². The smallest absolute Gasteiger partial charge is 0.0881 e. The standard InChI is InChI=1S/C17H19ClN4O/c1-11-14(15-8-13(18)2-3-16(15)19-11)4-6-22-9-17(20-21-22)12-5-7-23-10-12/h2-3,8-9,12,19H,4-7,10H2,1H3. The summed E-state index contributed by atoms with van der Waals surface area (Å²) in [7, 11) is 0. The maximum Gasteiger partial charge on any atom is 0.0881 e. The van der Waals surface area contributed by atoms with Crippen LogP contribution < -0.4 is 0 Å². The van der Waals surface area contributed by atoms with E-state index in [-0.39, 0.29) is 0 Å². The summed E-state index contributed by atoms with van der Waals surface area (Å²) in [5, 5.41) is 10.5. The molecule has 1 N–H and O–H groups in total. The average molecular weight is 331 g/mol. The van der Waals surface area contributed by atoms with Gasteiger partial charge in [-0.2, -0.15) is 0 Å². The summed E-state index contributed by atoms with van der Waals surface area (Å²) in [5.41, 5.74) is 4.65. The number of halogens is 1. The van der Waals surface area contributed by atoms with E-state index in [9.17, 15) is 0 Å². The molecule has 0 bridgehead atoms. The molecule has 3 aromatic rings. The molecule has 6 heteroatoms. The van der Waals surface area contributed by atoms with E-state index in [1.807, 2.05) is 22.9 Å². The summed E-state index contributed by atoms with van der Waals surface area (Å²) in [6, 6.07) is 5.97. The van der Waals surface area contributed by atoms with Gasteiger partial charge in [0.1, 0.15) is 0 Å². The van der Waals surface area contributed by atoms with Gasteiger partial charge >= 0.3 is 0 Å². The molecule has 0 spiro atoms. The quantitative estimate of drug-likeness (QED) is 0.797. The Balaban J connectivity index is 1.53. The third-order valence-electron chi connectivity index (χ3n) is 4.58. The molecule has 3 heterocycles. The first-order valence-corrected chi connectivity index (χ1v) is 8.33. The largest absolute Gasteiger partial charge is 0.381 e. The Hall–Kier alpha value is -1.85. The fraction of sp³-hybridized carbons (Fsp3) is 0.412. The number of aromatic amines is 1. The second kappa shape index (κ2) is 5.98. The van der Waals surface area contributed by atoms with E-state index in [1.54, 1.807) is 0 Å². The number of fused-ring (bicyclic) bond motifs is 1. The Morgan fingerprint density at radius 1 is 1.43 bits per heavy atom. The molecule has 4 rings (SSSR count). The number of nitrogens with one attached hydrogen (secondary N) is 1. The highest BCUT2D eigenvalue weighted by atomic mass is 35.5. The highest BCUT2D eigenvalue weighted by molar-refractivity contribution is 6.31. The van der Waals surface area contributed by atoms with Gasteiger partial charge in [0.05, 0.1) is 12.3 Å². The highest BCUT2D eigenvalue weighted by Gasteiger charge is 2.20. The van der Waals surface area contributed by atoms with E-state index in [1.165, 1.54) is 16.6 Å². The lowest BCUT2D eigenvalue weighted by Gasteiger charge is -2.03. The van der Waals surface area contributed by atoms with Crippen LogP contribution in [0.2, 0.25) is 5.02 Å². The Kier molecular flexibility index (Phi) is 3.83. The Bertz CT molecular complexity index is 832. The summed E-state index contributed by atoms with van der Waals surface area (Å²) in [6.45, 7) is 4.50. The number of nitrogens with zero attached hydrogens (tertiary/aromatic N) is 3. The molecule has 1 aliphatic heterocycles. The van der Waals surface area contributed by atoms with Crippen molar-refractivity contribution in [1.82, 2.24) is 20.0 Å². The number of aromatic nitrogens is 4. The van der Waals surface area contributed by atoms with Gasteiger partial charge in [-0.25, -0.2) is 0 Å². The number of hydrogen-bond acceptors (Lipinski definition) is 3. The number of ether oxygens (including phenoxy) is 1. The molecular formula is C17H19ClN4O. The van der Waals surface area contributed by atoms with Crippen molar-refractivity contribution < 1.29 is 4.74 Å². The van der Waals surface area contributed by atoms with Crippen LogP contribution >= 0.6 is 11.6 Å². The highest BCUT2D eigenvalue weighted by Crippen LogP contribution is 2.26. The summed E-state index contributed by atoms with van der Waals surface area (Å²) >= 11 is 6.14. The van der Waals surface area contributed by atoms with Gasteiger partial charge in [0.25, 0.3) is 0 Å². The molecule has 120 valence electrons. The molecule has 1 atom stereocenters. The molecule has 1 unspecified atom stereocenters. The van der Waals surface area contributed by atoms with Gasteiger partial charge in [0.15, 0.2) is 0 Å². The van der Waals surface area contributed by atoms with Gasteiger partial charge < -0.3 is 9.72 Å². The van der Waals surface area contributed by atoms with Crippen molar-refractivity contribution in [2.45, 2.75) is 32.2 Å². The predicted molar refractivity (Wildman–Crippen MR) is 89.9 cm³/mol. The minimum atomic E-state index is 0.400. The van der Waals surface area contributed by atoms with Crippen LogP contribution in [0.5, 0.6) is 0 Å². The molecule has 0 saturated carbocycles. The van der Waals surface area contributed by atoms with Crippen molar-refractivity contribution in [3.63, 3.8) is 0 Å². The zero-order chi connectivity index (χ0) is 15.8. The van der Waals surface area contributed by atoms with Crippen LogP contribution in [0.1, 0.15) is 29.3 Å². The fourth-order valence-electron chi connectivity index (χ4n) is 3.28. The molecule has 0 amide bonds. The van der Waals surface area contributed by atoms with Gasteiger partial charge in [-0.05, 0) is 43.5 Å². The van der Waals surface area contributed by atoms with Crippen LogP contribution in [-0.4, -0.2) is 33.2 Å². The van der Waals surface area contributed by atoms with Gasteiger partial charge in [0, 0.05) is 46.9 Å². The van der Waals surface area contributed by atoms with Crippen molar-refractivity contribution in [3.05, 3.63) is 46.4 Å².